The largest absolute Gasteiger partial charge is 0.396 e. The van der Waals surface area contributed by atoms with Crippen LogP contribution in [0.25, 0.3) is 0 Å². The van der Waals surface area contributed by atoms with Crippen molar-refractivity contribution < 1.29 is 14.7 Å². The molecule has 1 aromatic carbocycles. The summed E-state index contributed by atoms with van der Waals surface area (Å²) < 4.78 is 3.46. The predicted molar refractivity (Wildman–Crippen MR) is 129 cm³/mol. The Hall–Kier alpha value is -3.92. The van der Waals surface area contributed by atoms with Crippen LogP contribution in [-0.2, 0) is 24.8 Å². The molecular weight excluding hydrogens is 448 g/mol. The van der Waals surface area contributed by atoms with Gasteiger partial charge in [0.2, 0.25) is 5.91 Å². The van der Waals surface area contributed by atoms with Gasteiger partial charge >= 0.3 is 6.03 Å². The van der Waals surface area contributed by atoms with Gasteiger partial charge in [-0.05, 0) is 18.2 Å². The molecular formula is C25H28N6O4. The molecule has 3 amide bonds. The van der Waals surface area contributed by atoms with E-state index < -0.39 is 23.9 Å². The summed E-state index contributed by atoms with van der Waals surface area (Å²) >= 11 is 0. The number of aliphatic hydroxyl groups is 1. The molecule has 2 aromatic heterocycles. The van der Waals surface area contributed by atoms with Crippen molar-refractivity contribution in [2.75, 3.05) is 18.5 Å². The summed E-state index contributed by atoms with van der Waals surface area (Å²) in [5.74, 6) is -1.48. The minimum Gasteiger partial charge on any atom is -0.396 e. The lowest BCUT2D eigenvalue weighted by atomic mass is 9.86. The van der Waals surface area contributed by atoms with Crippen molar-refractivity contribution >= 4 is 17.6 Å². The first-order valence-corrected chi connectivity index (χ1v) is 11.7. The Morgan fingerprint density at radius 3 is 2.66 bits per heavy atom. The molecule has 5 rings (SSSR count). The molecule has 182 valence electrons. The lowest BCUT2D eigenvalue weighted by Gasteiger charge is -2.38. The van der Waals surface area contributed by atoms with Gasteiger partial charge in [-0.25, -0.2) is 9.78 Å². The highest BCUT2D eigenvalue weighted by molar-refractivity contribution is 5.91. The van der Waals surface area contributed by atoms with E-state index in [0.29, 0.717) is 24.3 Å². The summed E-state index contributed by atoms with van der Waals surface area (Å²) in [5.41, 5.74) is 1.90. The van der Waals surface area contributed by atoms with Gasteiger partial charge in [-0.1, -0.05) is 24.3 Å². The number of nitrogens with one attached hydrogen (secondary N) is 2. The highest BCUT2D eigenvalue weighted by atomic mass is 16.3. The van der Waals surface area contributed by atoms with Crippen molar-refractivity contribution in [2.24, 2.45) is 18.9 Å². The maximum absolute atomic E-state index is 13.5. The summed E-state index contributed by atoms with van der Waals surface area (Å²) in [6.07, 6.45) is 4.16. The number of pyridine rings is 1. The maximum Gasteiger partial charge on any atom is 0.322 e. The number of benzene rings is 1. The number of rotatable bonds is 6. The molecule has 0 unspecified atom stereocenters. The van der Waals surface area contributed by atoms with Crippen LogP contribution >= 0.6 is 0 Å². The van der Waals surface area contributed by atoms with E-state index in [0.717, 1.165) is 5.69 Å². The van der Waals surface area contributed by atoms with E-state index in [4.69, 9.17) is 0 Å². The van der Waals surface area contributed by atoms with E-state index in [2.05, 4.69) is 15.6 Å². The van der Waals surface area contributed by atoms with Crippen LogP contribution in [-0.4, -0.2) is 55.3 Å². The fourth-order valence-corrected chi connectivity index (χ4v) is 5.37. The zero-order chi connectivity index (χ0) is 24.5. The molecule has 0 spiro atoms. The molecule has 2 aliphatic heterocycles. The van der Waals surface area contributed by atoms with Crippen molar-refractivity contribution in [3.8, 4) is 0 Å². The second-order valence-electron chi connectivity index (χ2n) is 9.06. The molecule has 35 heavy (non-hydrogen) atoms. The zero-order valence-electron chi connectivity index (χ0n) is 19.4. The minimum atomic E-state index is -0.703. The van der Waals surface area contributed by atoms with E-state index in [1.807, 2.05) is 36.0 Å². The number of fused-ring (bicyclic) bond motifs is 4. The average Bonchev–Trinajstić information content (AvgIpc) is 3.37. The molecule has 0 aliphatic carbocycles. The van der Waals surface area contributed by atoms with E-state index in [-0.39, 0.29) is 30.6 Å². The van der Waals surface area contributed by atoms with Gasteiger partial charge in [-0.3, -0.25) is 9.59 Å². The van der Waals surface area contributed by atoms with Gasteiger partial charge in [0.25, 0.3) is 5.56 Å². The fraction of sp³-hybridized carbons (Fsp3) is 0.360. The summed E-state index contributed by atoms with van der Waals surface area (Å²) in [6, 6.07) is 12.4. The number of carbonyl (C=O) groups excluding carboxylic acids is 2. The van der Waals surface area contributed by atoms with Gasteiger partial charge < -0.3 is 29.8 Å². The second-order valence-corrected chi connectivity index (χ2v) is 9.06. The molecule has 0 saturated carbocycles. The molecule has 3 aromatic rings. The standard InChI is InChI=1S/C25H28N6O4/c1-29-12-17(27-15-29)10-11-26-24(34)22-18(14-32)20-13-30-19(8-5-9-21(30)33)23(22)31(20)25(35)28-16-6-3-2-4-7-16/h2-9,12,15,18,20,22-23,32H,10-11,13-14H2,1H3,(H,26,34)(H,28,35)/t18-,20-,22+,23+/m1/s1. The summed E-state index contributed by atoms with van der Waals surface area (Å²) in [5, 5.41) is 16.2. The Bertz CT molecular complexity index is 1290. The number of nitrogens with zero attached hydrogens (tertiary/aromatic N) is 4. The third kappa shape index (κ3) is 4.21. The van der Waals surface area contributed by atoms with Crippen molar-refractivity contribution in [3.05, 3.63) is 82.8 Å². The Balaban J connectivity index is 1.44. The van der Waals surface area contributed by atoms with Crippen LogP contribution in [0.2, 0.25) is 0 Å². The number of aliphatic hydroxyl groups excluding tert-OH is 1. The number of urea groups is 1. The van der Waals surface area contributed by atoms with Crippen LogP contribution in [0.1, 0.15) is 17.4 Å². The molecule has 10 nitrogen and oxygen atoms in total. The van der Waals surface area contributed by atoms with E-state index >= 15 is 0 Å². The average molecular weight is 477 g/mol. The van der Waals surface area contributed by atoms with Gasteiger partial charge in [-0.2, -0.15) is 0 Å². The van der Waals surface area contributed by atoms with Gasteiger partial charge in [0.05, 0.1) is 30.0 Å². The summed E-state index contributed by atoms with van der Waals surface area (Å²) in [7, 11) is 1.88. The van der Waals surface area contributed by atoms with E-state index in [1.54, 1.807) is 40.1 Å². The minimum absolute atomic E-state index is 0.187. The van der Waals surface area contributed by atoms with Crippen LogP contribution in [0.15, 0.2) is 65.8 Å². The third-order valence-corrected chi connectivity index (χ3v) is 6.92. The van der Waals surface area contributed by atoms with Gasteiger partial charge in [-0.15, -0.1) is 0 Å². The Morgan fingerprint density at radius 2 is 1.94 bits per heavy atom. The van der Waals surface area contributed by atoms with Gasteiger partial charge in [0, 0.05) is 62.7 Å². The van der Waals surface area contributed by atoms with E-state index in [9.17, 15) is 19.5 Å². The number of hydrogen-bond acceptors (Lipinski definition) is 5. The van der Waals surface area contributed by atoms with Crippen LogP contribution in [0.5, 0.6) is 0 Å². The molecule has 4 atom stereocenters. The first-order chi connectivity index (χ1) is 17.0. The van der Waals surface area contributed by atoms with Crippen LogP contribution in [0.3, 0.4) is 0 Å². The smallest absolute Gasteiger partial charge is 0.322 e. The van der Waals surface area contributed by atoms with Crippen molar-refractivity contribution in [1.29, 1.82) is 0 Å². The number of aryl methyl sites for hydroxylation is 1. The highest BCUT2D eigenvalue weighted by Gasteiger charge is 2.57. The molecule has 3 N–H and O–H groups in total. The van der Waals surface area contributed by atoms with Crippen molar-refractivity contribution in [3.63, 3.8) is 0 Å². The molecule has 2 aliphatic rings. The monoisotopic (exact) mass is 476 g/mol. The number of imidazole rings is 1. The number of aromatic nitrogens is 3. The molecule has 0 radical (unpaired) electrons. The topological polar surface area (TPSA) is 121 Å². The second kappa shape index (κ2) is 9.38. The third-order valence-electron chi connectivity index (χ3n) is 6.92. The quantitative estimate of drug-likeness (QED) is 0.493. The summed E-state index contributed by atoms with van der Waals surface area (Å²) in [6.45, 7) is 0.313. The first kappa shape index (κ1) is 22.9. The van der Waals surface area contributed by atoms with Crippen LogP contribution in [0.4, 0.5) is 10.5 Å². The number of carbonyl (C=O) groups is 2. The Morgan fingerprint density at radius 1 is 1.14 bits per heavy atom. The summed E-state index contributed by atoms with van der Waals surface area (Å²) in [4.78, 5) is 45.5. The highest BCUT2D eigenvalue weighted by Crippen LogP contribution is 2.48. The molecule has 4 heterocycles. The lowest BCUT2D eigenvalue weighted by molar-refractivity contribution is -0.127. The maximum atomic E-state index is 13.5. The fourth-order valence-electron chi connectivity index (χ4n) is 5.37. The SMILES string of the molecule is Cn1cnc(CCNC(=O)[C@H]2[C@H](CO)[C@H]3Cn4c(cccc4=O)[C@@H]2N3C(=O)Nc2ccccc2)c1. The number of para-hydroxylation sites is 1. The first-order valence-electron chi connectivity index (χ1n) is 11.7. The molecule has 2 bridgehead atoms. The lowest BCUT2D eigenvalue weighted by Crippen LogP contribution is -2.50. The number of amides is 3. The zero-order valence-corrected chi connectivity index (χ0v) is 19.4. The van der Waals surface area contributed by atoms with Gasteiger partial charge in [0.1, 0.15) is 0 Å². The number of hydrogen-bond donors (Lipinski definition) is 3. The van der Waals surface area contributed by atoms with Crippen LogP contribution < -0.4 is 16.2 Å². The molecule has 10 heteroatoms. The van der Waals surface area contributed by atoms with E-state index in [1.165, 1.54) is 6.07 Å². The molecule has 1 saturated heterocycles. The number of anilines is 1. The normalized spacial score (nSPS) is 22.5. The Kier molecular flexibility index (Phi) is 6.12. The van der Waals surface area contributed by atoms with Crippen molar-refractivity contribution in [1.82, 2.24) is 24.3 Å². The van der Waals surface area contributed by atoms with Crippen LogP contribution in [0, 0.1) is 11.8 Å². The molecule has 1 fully saturated rings. The van der Waals surface area contributed by atoms with Gasteiger partial charge in [0.15, 0.2) is 0 Å². The predicted octanol–water partition coefficient (Wildman–Crippen LogP) is 1.14. The Labute approximate surface area is 202 Å². The van der Waals surface area contributed by atoms with Crippen molar-refractivity contribution in [2.45, 2.75) is 25.0 Å².